The predicted octanol–water partition coefficient (Wildman–Crippen LogP) is 5.63. The lowest BCUT2D eigenvalue weighted by molar-refractivity contribution is -0.118. The standard InChI is InChI=1S/C21H24Cl2N4O/c22-15-8-5-9-16(23)19(15)27-21-25-17-11-10-13(12-18(17)26-21)20(28)24-14-6-3-1-2-4-7-14/h5,8-9,12,14H,1-4,6-7,10-11H2,(H,24,28)(H2,25,26,27). The number of H-pyrrole nitrogens is 1. The van der Waals surface area contributed by atoms with Crippen LogP contribution < -0.4 is 10.6 Å². The quantitative estimate of drug-likeness (QED) is 0.563. The Labute approximate surface area is 174 Å². The number of para-hydroxylation sites is 1. The minimum absolute atomic E-state index is 0.0456. The van der Waals surface area contributed by atoms with Crippen LogP contribution in [0.3, 0.4) is 0 Å². The summed E-state index contributed by atoms with van der Waals surface area (Å²) in [5.74, 6) is 0.617. The van der Waals surface area contributed by atoms with Gasteiger partial charge in [-0.05, 0) is 43.9 Å². The lowest BCUT2D eigenvalue weighted by Crippen LogP contribution is -2.35. The van der Waals surface area contributed by atoms with Crippen molar-refractivity contribution in [2.24, 2.45) is 0 Å². The molecule has 2 aliphatic carbocycles. The highest BCUT2D eigenvalue weighted by Gasteiger charge is 2.22. The summed E-state index contributed by atoms with van der Waals surface area (Å²) in [6.07, 6.45) is 10.5. The van der Waals surface area contributed by atoms with Crippen molar-refractivity contribution in [3.8, 4) is 0 Å². The van der Waals surface area contributed by atoms with Gasteiger partial charge < -0.3 is 15.6 Å². The molecule has 0 spiro atoms. The van der Waals surface area contributed by atoms with Crippen LogP contribution in [0.15, 0.2) is 23.8 Å². The number of carbonyl (C=O) groups is 1. The normalized spacial score (nSPS) is 17.4. The van der Waals surface area contributed by atoms with E-state index in [1.165, 1.54) is 25.7 Å². The molecule has 1 heterocycles. The number of amides is 1. The smallest absolute Gasteiger partial charge is 0.247 e. The fourth-order valence-electron chi connectivity index (χ4n) is 3.91. The molecule has 0 unspecified atom stereocenters. The van der Waals surface area contributed by atoms with Crippen molar-refractivity contribution in [2.45, 2.75) is 57.4 Å². The van der Waals surface area contributed by atoms with Crippen LogP contribution in [0.25, 0.3) is 6.08 Å². The molecular formula is C21H24Cl2N4O. The third-order valence-corrected chi connectivity index (χ3v) is 6.08. The summed E-state index contributed by atoms with van der Waals surface area (Å²) in [5, 5.41) is 7.44. The van der Waals surface area contributed by atoms with Crippen LogP contribution in [0, 0.1) is 0 Å². The van der Waals surface area contributed by atoms with E-state index in [1.807, 2.05) is 6.08 Å². The molecule has 3 N–H and O–H groups in total. The Hall–Kier alpha value is -1.98. The number of rotatable bonds is 4. The number of carbonyl (C=O) groups excluding carboxylic acids is 1. The van der Waals surface area contributed by atoms with Crippen molar-refractivity contribution >= 4 is 46.8 Å². The van der Waals surface area contributed by atoms with Gasteiger partial charge in [0.2, 0.25) is 11.9 Å². The van der Waals surface area contributed by atoms with Gasteiger partial charge in [-0.1, -0.05) is 55.0 Å². The Morgan fingerprint density at radius 2 is 1.79 bits per heavy atom. The van der Waals surface area contributed by atoms with Crippen LogP contribution in [-0.2, 0) is 11.2 Å². The summed E-state index contributed by atoms with van der Waals surface area (Å²) in [6.45, 7) is 0. The van der Waals surface area contributed by atoms with Crippen LogP contribution in [0.5, 0.6) is 0 Å². The maximum absolute atomic E-state index is 12.7. The average Bonchev–Trinajstić information content (AvgIpc) is 2.91. The molecule has 1 saturated carbocycles. The minimum Gasteiger partial charge on any atom is -0.350 e. The summed E-state index contributed by atoms with van der Waals surface area (Å²) in [4.78, 5) is 20.6. The van der Waals surface area contributed by atoms with E-state index in [1.54, 1.807) is 18.2 Å². The number of imidazole rings is 1. The van der Waals surface area contributed by atoms with Crippen LogP contribution in [0.4, 0.5) is 11.6 Å². The zero-order chi connectivity index (χ0) is 19.5. The minimum atomic E-state index is 0.0456. The van der Waals surface area contributed by atoms with Gasteiger partial charge in [0.25, 0.3) is 0 Å². The highest BCUT2D eigenvalue weighted by Crippen LogP contribution is 2.33. The predicted molar refractivity (Wildman–Crippen MR) is 114 cm³/mol. The molecule has 7 heteroatoms. The van der Waals surface area contributed by atoms with Crippen LogP contribution in [-0.4, -0.2) is 21.9 Å². The molecular weight excluding hydrogens is 395 g/mol. The molecule has 1 aromatic heterocycles. The number of halogens is 2. The fraction of sp³-hybridized carbons (Fsp3) is 0.429. The Morgan fingerprint density at radius 3 is 2.50 bits per heavy atom. The van der Waals surface area contributed by atoms with Crippen molar-refractivity contribution in [1.29, 1.82) is 0 Å². The van der Waals surface area contributed by atoms with Gasteiger partial charge in [0.05, 0.1) is 21.4 Å². The second-order valence-electron chi connectivity index (χ2n) is 7.50. The first-order chi connectivity index (χ1) is 13.6. The monoisotopic (exact) mass is 418 g/mol. The third-order valence-electron chi connectivity index (χ3n) is 5.45. The van der Waals surface area contributed by atoms with Gasteiger partial charge in [-0.2, -0.15) is 0 Å². The molecule has 2 aliphatic rings. The molecule has 4 rings (SSSR count). The van der Waals surface area contributed by atoms with E-state index in [2.05, 4.69) is 20.6 Å². The van der Waals surface area contributed by atoms with E-state index in [-0.39, 0.29) is 5.91 Å². The van der Waals surface area contributed by atoms with Gasteiger partial charge in [-0.15, -0.1) is 0 Å². The van der Waals surface area contributed by atoms with E-state index < -0.39 is 0 Å². The summed E-state index contributed by atoms with van der Waals surface area (Å²) >= 11 is 12.4. The van der Waals surface area contributed by atoms with Gasteiger partial charge in [0.15, 0.2) is 0 Å². The molecule has 1 amide bonds. The van der Waals surface area contributed by atoms with E-state index in [9.17, 15) is 4.79 Å². The van der Waals surface area contributed by atoms with E-state index in [0.717, 1.165) is 36.2 Å². The second kappa shape index (κ2) is 8.58. The van der Waals surface area contributed by atoms with E-state index in [4.69, 9.17) is 23.2 Å². The van der Waals surface area contributed by atoms with Crippen molar-refractivity contribution in [3.05, 3.63) is 45.2 Å². The summed E-state index contributed by atoms with van der Waals surface area (Å²) < 4.78 is 0. The van der Waals surface area contributed by atoms with Gasteiger partial charge in [0, 0.05) is 17.3 Å². The first kappa shape index (κ1) is 19.3. The molecule has 0 bridgehead atoms. The topological polar surface area (TPSA) is 69.8 Å². The second-order valence-corrected chi connectivity index (χ2v) is 8.32. The molecule has 2 aromatic rings. The van der Waals surface area contributed by atoms with Gasteiger partial charge >= 0.3 is 0 Å². The first-order valence-corrected chi connectivity index (χ1v) is 10.7. The highest BCUT2D eigenvalue weighted by molar-refractivity contribution is 6.39. The number of aromatic nitrogens is 2. The summed E-state index contributed by atoms with van der Waals surface area (Å²) in [6, 6.07) is 5.64. The SMILES string of the molecule is O=C(NC1CCCCCC1)C1=Cc2nc(Nc3c(Cl)cccc3Cl)[nH]c2CC1. The molecule has 0 radical (unpaired) electrons. The number of aryl methyl sites for hydroxylation is 1. The largest absolute Gasteiger partial charge is 0.350 e. The zero-order valence-corrected chi connectivity index (χ0v) is 17.2. The number of hydrogen-bond acceptors (Lipinski definition) is 3. The number of fused-ring (bicyclic) bond motifs is 1. The third kappa shape index (κ3) is 4.36. The van der Waals surface area contributed by atoms with Gasteiger partial charge in [-0.25, -0.2) is 4.98 Å². The summed E-state index contributed by atoms with van der Waals surface area (Å²) in [7, 11) is 0. The number of aromatic amines is 1. The Morgan fingerprint density at radius 1 is 1.07 bits per heavy atom. The van der Waals surface area contributed by atoms with Crippen molar-refractivity contribution in [3.63, 3.8) is 0 Å². The molecule has 0 aliphatic heterocycles. The summed E-state index contributed by atoms with van der Waals surface area (Å²) in [5.41, 5.74) is 3.22. The number of nitrogens with one attached hydrogen (secondary N) is 3. The number of benzene rings is 1. The molecule has 148 valence electrons. The molecule has 5 nitrogen and oxygen atoms in total. The van der Waals surface area contributed by atoms with Gasteiger partial charge in [-0.3, -0.25) is 4.79 Å². The van der Waals surface area contributed by atoms with Crippen molar-refractivity contribution in [1.82, 2.24) is 15.3 Å². The van der Waals surface area contributed by atoms with Crippen molar-refractivity contribution in [2.75, 3.05) is 5.32 Å². The van der Waals surface area contributed by atoms with E-state index >= 15 is 0 Å². The van der Waals surface area contributed by atoms with E-state index in [0.29, 0.717) is 34.1 Å². The molecule has 1 fully saturated rings. The lowest BCUT2D eigenvalue weighted by Gasteiger charge is -2.19. The highest BCUT2D eigenvalue weighted by atomic mass is 35.5. The first-order valence-electron chi connectivity index (χ1n) is 9.91. The molecule has 0 saturated heterocycles. The number of hydrogen-bond donors (Lipinski definition) is 3. The lowest BCUT2D eigenvalue weighted by atomic mass is 9.99. The average molecular weight is 419 g/mol. The number of anilines is 2. The molecule has 0 atom stereocenters. The maximum Gasteiger partial charge on any atom is 0.247 e. The number of nitrogens with zero attached hydrogens (tertiary/aromatic N) is 1. The van der Waals surface area contributed by atoms with Crippen LogP contribution in [0.1, 0.15) is 56.3 Å². The van der Waals surface area contributed by atoms with Crippen LogP contribution in [0.2, 0.25) is 10.0 Å². The van der Waals surface area contributed by atoms with Crippen molar-refractivity contribution < 1.29 is 4.79 Å². The van der Waals surface area contributed by atoms with Gasteiger partial charge in [0.1, 0.15) is 0 Å². The Bertz CT molecular complexity index is 878. The van der Waals surface area contributed by atoms with Crippen LogP contribution >= 0.6 is 23.2 Å². The molecule has 1 aromatic carbocycles. The Kier molecular flexibility index (Phi) is 5.93. The Balaban J connectivity index is 1.47. The maximum atomic E-state index is 12.7. The molecule has 28 heavy (non-hydrogen) atoms. The fourth-order valence-corrected chi connectivity index (χ4v) is 4.40. The zero-order valence-electron chi connectivity index (χ0n) is 15.7.